The quantitative estimate of drug-likeness (QED) is 0.677. The van der Waals surface area contributed by atoms with Crippen molar-refractivity contribution in [3.8, 4) is 0 Å². The fraction of sp³-hybridized carbons (Fsp3) is 0.467. The number of benzene rings is 1. The number of hydrogen-bond acceptors (Lipinski definition) is 1. The largest absolute Gasteiger partial charge is 0.123 e. The summed E-state index contributed by atoms with van der Waals surface area (Å²) in [6.07, 6.45) is 6.50. The second-order valence-electron chi connectivity index (χ2n) is 4.55. The topological polar surface area (TPSA) is 0 Å². The van der Waals surface area contributed by atoms with Crippen LogP contribution < -0.4 is 0 Å². The van der Waals surface area contributed by atoms with E-state index in [4.69, 9.17) is 0 Å². The zero-order valence-electron chi connectivity index (χ0n) is 10.0. The molecule has 0 nitrogen and oxygen atoms in total. The maximum Gasteiger partial charge on any atom is 0.00944 e. The van der Waals surface area contributed by atoms with Gasteiger partial charge in [0.2, 0.25) is 0 Å². The molecule has 0 atom stereocenters. The fourth-order valence-electron chi connectivity index (χ4n) is 1.90. The van der Waals surface area contributed by atoms with Gasteiger partial charge in [-0.1, -0.05) is 38.5 Å². The van der Waals surface area contributed by atoms with E-state index in [-0.39, 0.29) is 0 Å². The van der Waals surface area contributed by atoms with Crippen LogP contribution in [0.3, 0.4) is 0 Å². The van der Waals surface area contributed by atoms with Crippen LogP contribution in [0, 0.1) is 0 Å². The average Bonchev–Trinajstić information content (AvgIpc) is 2.25. The Hall–Kier alpha value is -0.690. The maximum atomic E-state index is 4.13. The highest BCUT2D eigenvalue weighted by Crippen LogP contribution is 2.36. The Kier molecular flexibility index (Phi) is 4.11. The lowest BCUT2D eigenvalue weighted by atomic mass is 10.00. The van der Waals surface area contributed by atoms with Gasteiger partial charge in [0, 0.05) is 10.1 Å². The van der Waals surface area contributed by atoms with Crippen LogP contribution in [0.25, 0.3) is 5.57 Å². The fourth-order valence-corrected chi connectivity index (χ4v) is 3.14. The van der Waals surface area contributed by atoms with E-state index in [0.29, 0.717) is 0 Å². The minimum atomic E-state index is 0.879. The summed E-state index contributed by atoms with van der Waals surface area (Å²) in [6, 6.07) is 8.94. The highest BCUT2D eigenvalue weighted by atomic mass is 32.2. The number of hydrogen-bond donors (Lipinski definition) is 0. The van der Waals surface area contributed by atoms with Crippen molar-refractivity contribution in [2.24, 2.45) is 0 Å². The zero-order valence-corrected chi connectivity index (χ0v) is 10.9. The number of thioether (sulfide) groups is 1. The highest BCUT2D eigenvalue weighted by molar-refractivity contribution is 8.00. The Labute approximate surface area is 103 Å². The van der Waals surface area contributed by atoms with Gasteiger partial charge < -0.3 is 0 Å². The van der Waals surface area contributed by atoms with Gasteiger partial charge in [-0.25, -0.2) is 0 Å². The van der Waals surface area contributed by atoms with Crippen LogP contribution in [0.2, 0.25) is 0 Å². The van der Waals surface area contributed by atoms with Gasteiger partial charge in [-0.2, -0.15) is 0 Å². The van der Waals surface area contributed by atoms with Crippen molar-refractivity contribution in [1.29, 1.82) is 0 Å². The molecule has 1 aliphatic carbocycles. The molecule has 1 aromatic rings. The molecule has 1 aliphatic rings. The Morgan fingerprint density at radius 3 is 2.50 bits per heavy atom. The molecule has 0 bridgehead atoms. The van der Waals surface area contributed by atoms with Gasteiger partial charge in [0.1, 0.15) is 0 Å². The molecule has 16 heavy (non-hydrogen) atoms. The third kappa shape index (κ3) is 2.91. The smallest absolute Gasteiger partial charge is 0.00944 e. The molecule has 0 saturated heterocycles. The summed E-state index contributed by atoms with van der Waals surface area (Å²) >= 11 is 2.03. The van der Waals surface area contributed by atoms with Crippen molar-refractivity contribution >= 4 is 17.3 Å². The normalized spacial score (nSPS) is 15.8. The summed E-state index contributed by atoms with van der Waals surface area (Å²) in [4.78, 5) is 1.41. The van der Waals surface area contributed by atoms with E-state index >= 15 is 0 Å². The molecular formula is C15H20S. The van der Waals surface area contributed by atoms with Gasteiger partial charge in [-0.05, 0) is 42.5 Å². The van der Waals surface area contributed by atoms with Crippen LogP contribution in [0.15, 0.2) is 35.7 Å². The predicted octanol–water partition coefficient (Wildman–Crippen LogP) is 5.14. The van der Waals surface area contributed by atoms with Crippen LogP contribution in [0.4, 0.5) is 0 Å². The van der Waals surface area contributed by atoms with Crippen molar-refractivity contribution in [2.75, 3.05) is 0 Å². The summed E-state index contributed by atoms with van der Waals surface area (Å²) in [5, 5.41) is 0.879. The molecule has 0 heterocycles. The second-order valence-corrected chi connectivity index (χ2v) is 5.92. The lowest BCUT2D eigenvalue weighted by Gasteiger charge is -2.24. The van der Waals surface area contributed by atoms with E-state index in [9.17, 15) is 0 Å². The maximum absolute atomic E-state index is 4.13. The SMILES string of the molecule is C=C(CCC)c1ccc(SC2CCC2)cc1. The van der Waals surface area contributed by atoms with Crippen LogP contribution >= 0.6 is 11.8 Å². The predicted molar refractivity (Wildman–Crippen MR) is 73.9 cm³/mol. The first-order valence-corrected chi connectivity index (χ1v) is 7.12. The van der Waals surface area contributed by atoms with Gasteiger partial charge in [0.25, 0.3) is 0 Å². The molecule has 1 saturated carbocycles. The van der Waals surface area contributed by atoms with Crippen LogP contribution in [-0.2, 0) is 0 Å². The Morgan fingerprint density at radius 1 is 1.31 bits per heavy atom. The number of rotatable bonds is 5. The van der Waals surface area contributed by atoms with E-state index in [0.717, 1.165) is 11.7 Å². The van der Waals surface area contributed by atoms with Gasteiger partial charge in [0.15, 0.2) is 0 Å². The van der Waals surface area contributed by atoms with E-state index < -0.39 is 0 Å². The highest BCUT2D eigenvalue weighted by Gasteiger charge is 2.18. The molecule has 0 amide bonds. The monoisotopic (exact) mass is 232 g/mol. The first-order chi connectivity index (χ1) is 7.79. The summed E-state index contributed by atoms with van der Waals surface area (Å²) in [5.41, 5.74) is 2.57. The first kappa shape index (κ1) is 11.8. The Morgan fingerprint density at radius 2 is 2.00 bits per heavy atom. The average molecular weight is 232 g/mol. The van der Waals surface area contributed by atoms with Crippen molar-refractivity contribution < 1.29 is 0 Å². The summed E-state index contributed by atoms with van der Waals surface area (Å²) in [5.74, 6) is 0. The van der Waals surface area contributed by atoms with Gasteiger partial charge in [-0.15, -0.1) is 11.8 Å². The lowest BCUT2D eigenvalue weighted by Crippen LogP contribution is -2.12. The molecule has 0 radical (unpaired) electrons. The summed E-state index contributed by atoms with van der Waals surface area (Å²) in [7, 11) is 0. The van der Waals surface area contributed by atoms with Crippen LogP contribution in [0.1, 0.15) is 44.6 Å². The molecule has 0 N–H and O–H groups in total. The van der Waals surface area contributed by atoms with Crippen LogP contribution in [0.5, 0.6) is 0 Å². The van der Waals surface area contributed by atoms with E-state index in [1.54, 1.807) is 0 Å². The molecule has 0 aliphatic heterocycles. The zero-order chi connectivity index (χ0) is 11.4. The molecule has 0 unspecified atom stereocenters. The van der Waals surface area contributed by atoms with Crippen molar-refractivity contribution in [1.82, 2.24) is 0 Å². The summed E-state index contributed by atoms with van der Waals surface area (Å²) < 4.78 is 0. The first-order valence-electron chi connectivity index (χ1n) is 6.24. The third-order valence-corrected chi connectivity index (χ3v) is 4.52. The molecule has 86 valence electrons. The van der Waals surface area contributed by atoms with E-state index in [1.165, 1.54) is 41.7 Å². The Balaban J connectivity index is 1.95. The van der Waals surface area contributed by atoms with Crippen LogP contribution in [-0.4, -0.2) is 5.25 Å². The minimum absolute atomic E-state index is 0.879. The van der Waals surface area contributed by atoms with E-state index in [1.807, 2.05) is 11.8 Å². The Bertz CT molecular complexity index is 346. The minimum Gasteiger partial charge on any atom is -0.123 e. The summed E-state index contributed by atoms with van der Waals surface area (Å²) in [6.45, 7) is 6.33. The molecule has 2 rings (SSSR count). The lowest BCUT2D eigenvalue weighted by molar-refractivity contribution is 0.522. The molecule has 1 aromatic carbocycles. The van der Waals surface area contributed by atoms with Gasteiger partial charge in [0.05, 0.1) is 0 Å². The standard InChI is InChI=1S/C15H20S/c1-3-5-12(2)13-8-10-15(11-9-13)16-14-6-4-7-14/h8-11,14H,2-7H2,1H3. The van der Waals surface area contributed by atoms with Crippen molar-refractivity contribution in [2.45, 2.75) is 49.2 Å². The third-order valence-electron chi connectivity index (χ3n) is 3.17. The molecule has 1 heteroatoms. The number of allylic oxidation sites excluding steroid dienone is 1. The van der Waals surface area contributed by atoms with E-state index in [2.05, 4.69) is 37.8 Å². The van der Waals surface area contributed by atoms with Crippen molar-refractivity contribution in [3.05, 3.63) is 36.4 Å². The van der Waals surface area contributed by atoms with Gasteiger partial charge >= 0.3 is 0 Å². The molecular weight excluding hydrogens is 212 g/mol. The molecule has 1 fully saturated rings. The van der Waals surface area contributed by atoms with Crippen molar-refractivity contribution in [3.63, 3.8) is 0 Å². The molecule has 0 aromatic heterocycles. The molecule has 0 spiro atoms. The van der Waals surface area contributed by atoms with Gasteiger partial charge in [-0.3, -0.25) is 0 Å². The second kappa shape index (κ2) is 5.58.